The molecule has 1 atom stereocenters. The van der Waals surface area contributed by atoms with E-state index in [0.29, 0.717) is 25.7 Å². The first-order valence-corrected chi connectivity index (χ1v) is 9.27. The summed E-state index contributed by atoms with van der Waals surface area (Å²) in [5, 5.41) is 11.6. The van der Waals surface area contributed by atoms with Crippen molar-refractivity contribution in [2.45, 2.75) is 50.9 Å². The molecule has 8 heteroatoms. The minimum Gasteiger partial charge on any atom is -0.383 e. The normalized spacial score (nSPS) is 22.4. The van der Waals surface area contributed by atoms with Gasteiger partial charge in [0.05, 0.1) is 19.2 Å². The predicted molar refractivity (Wildman–Crippen MR) is 94.0 cm³/mol. The molecule has 0 saturated carbocycles. The van der Waals surface area contributed by atoms with E-state index in [4.69, 9.17) is 4.74 Å². The van der Waals surface area contributed by atoms with E-state index in [1.165, 1.54) is 0 Å². The Morgan fingerprint density at radius 3 is 2.96 bits per heavy atom. The molecule has 0 aromatic carbocycles. The lowest BCUT2D eigenvalue weighted by Gasteiger charge is -2.36. The van der Waals surface area contributed by atoms with Crippen LogP contribution in [0, 0.1) is 0 Å². The van der Waals surface area contributed by atoms with Gasteiger partial charge in [0.25, 0.3) is 0 Å². The quantitative estimate of drug-likeness (QED) is 0.752. The summed E-state index contributed by atoms with van der Waals surface area (Å²) >= 11 is 0. The standard InChI is InChI=1S/C17H30N6O2/c1-21(12-16-20-19-13-22(16)10-11-25-2)17(24)15-4-3-9-23(15)14-5-7-18-8-6-14/h13-15,18H,3-12H2,1-2H3/t15-/m0/s1. The Hall–Kier alpha value is -1.51. The molecule has 0 bridgehead atoms. The number of amides is 1. The minimum absolute atomic E-state index is 0.0171. The third-order valence-electron chi connectivity index (χ3n) is 5.34. The van der Waals surface area contributed by atoms with Crippen molar-refractivity contribution in [3.05, 3.63) is 12.2 Å². The molecule has 0 unspecified atom stereocenters. The van der Waals surface area contributed by atoms with Crippen molar-refractivity contribution in [3.8, 4) is 0 Å². The second-order valence-corrected chi connectivity index (χ2v) is 7.00. The Morgan fingerprint density at radius 1 is 1.40 bits per heavy atom. The number of carbonyl (C=O) groups excluding carboxylic acids is 1. The summed E-state index contributed by atoms with van der Waals surface area (Å²) in [7, 11) is 3.55. The van der Waals surface area contributed by atoms with Gasteiger partial charge in [-0.3, -0.25) is 9.69 Å². The summed E-state index contributed by atoms with van der Waals surface area (Å²) < 4.78 is 7.07. The van der Waals surface area contributed by atoms with Gasteiger partial charge in [-0.25, -0.2) is 0 Å². The molecule has 2 aliphatic heterocycles. The van der Waals surface area contributed by atoms with Crippen molar-refractivity contribution in [1.29, 1.82) is 0 Å². The molecule has 1 aromatic heterocycles. The lowest BCUT2D eigenvalue weighted by molar-refractivity contribution is -0.136. The maximum Gasteiger partial charge on any atom is 0.240 e. The molecule has 140 valence electrons. The number of hydrogen-bond donors (Lipinski definition) is 1. The van der Waals surface area contributed by atoms with Gasteiger partial charge in [-0.2, -0.15) is 0 Å². The highest BCUT2D eigenvalue weighted by atomic mass is 16.5. The van der Waals surface area contributed by atoms with Crippen LogP contribution >= 0.6 is 0 Å². The number of likely N-dealkylation sites (tertiary alicyclic amines) is 1. The van der Waals surface area contributed by atoms with Gasteiger partial charge in [-0.05, 0) is 45.3 Å². The van der Waals surface area contributed by atoms with Gasteiger partial charge in [0.1, 0.15) is 6.33 Å². The van der Waals surface area contributed by atoms with Gasteiger partial charge in [-0.1, -0.05) is 0 Å². The first-order valence-electron chi connectivity index (χ1n) is 9.27. The lowest BCUT2D eigenvalue weighted by Crippen LogP contribution is -2.51. The van der Waals surface area contributed by atoms with Crippen LogP contribution in [0.2, 0.25) is 0 Å². The third kappa shape index (κ3) is 4.37. The van der Waals surface area contributed by atoms with Crippen LogP contribution in [0.5, 0.6) is 0 Å². The minimum atomic E-state index is 0.0171. The molecule has 1 aromatic rings. The molecule has 0 spiro atoms. The van der Waals surface area contributed by atoms with E-state index in [1.54, 1.807) is 18.3 Å². The number of hydrogen-bond acceptors (Lipinski definition) is 6. The molecule has 1 amide bonds. The number of nitrogens with zero attached hydrogens (tertiary/aromatic N) is 5. The van der Waals surface area contributed by atoms with E-state index in [0.717, 1.165) is 51.1 Å². The van der Waals surface area contributed by atoms with Gasteiger partial charge < -0.3 is 19.5 Å². The molecule has 2 aliphatic rings. The van der Waals surface area contributed by atoms with Crippen LogP contribution in [-0.4, -0.2) is 83.0 Å². The Kier molecular flexibility index (Phi) is 6.39. The SMILES string of the molecule is COCCn1cnnc1CN(C)C(=O)[C@@H]1CCCN1C1CCNCC1. The van der Waals surface area contributed by atoms with E-state index in [1.807, 2.05) is 11.6 Å². The summed E-state index contributed by atoms with van der Waals surface area (Å²) in [5.74, 6) is 1.01. The zero-order valence-corrected chi connectivity index (χ0v) is 15.4. The van der Waals surface area contributed by atoms with Crippen molar-refractivity contribution in [2.24, 2.45) is 0 Å². The van der Waals surface area contributed by atoms with Crippen LogP contribution in [0.1, 0.15) is 31.5 Å². The molecule has 2 fully saturated rings. The predicted octanol–water partition coefficient (Wildman–Crippen LogP) is 0.0993. The monoisotopic (exact) mass is 350 g/mol. The maximum atomic E-state index is 13.0. The second-order valence-electron chi connectivity index (χ2n) is 7.00. The van der Waals surface area contributed by atoms with Gasteiger partial charge in [-0.15, -0.1) is 10.2 Å². The van der Waals surface area contributed by atoms with Gasteiger partial charge in [0.2, 0.25) is 5.91 Å². The van der Waals surface area contributed by atoms with Crippen LogP contribution < -0.4 is 5.32 Å². The van der Waals surface area contributed by atoms with E-state index in [-0.39, 0.29) is 11.9 Å². The molecule has 2 saturated heterocycles. The van der Waals surface area contributed by atoms with Crippen molar-refractivity contribution in [3.63, 3.8) is 0 Å². The zero-order valence-electron chi connectivity index (χ0n) is 15.4. The number of nitrogens with one attached hydrogen (secondary N) is 1. The first-order chi connectivity index (χ1) is 12.2. The molecular formula is C17H30N6O2. The van der Waals surface area contributed by atoms with Gasteiger partial charge in [0.15, 0.2) is 5.82 Å². The Morgan fingerprint density at radius 2 is 2.20 bits per heavy atom. The summed E-state index contributed by atoms with van der Waals surface area (Å²) in [6.07, 6.45) is 6.04. The van der Waals surface area contributed by atoms with Crippen molar-refractivity contribution in [1.82, 2.24) is 29.9 Å². The molecule has 25 heavy (non-hydrogen) atoms. The maximum absolute atomic E-state index is 13.0. The number of ether oxygens (including phenoxy) is 1. The van der Waals surface area contributed by atoms with Gasteiger partial charge >= 0.3 is 0 Å². The number of rotatable bonds is 7. The highest BCUT2D eigenvalue weighted by molar-refractivity contribution is 5.82. The summed E-state index contributed by atoms with van der Waals surface area (Å²) in [6, 6.07) is 0.555. The number of likely N-dealkylation sites (N-methyl/N-ethyl adjacent to an activating group) is 1. The fraction of sp³-hybridized carbons (Fsp3) is 0.824. The Labute approximate surface area is 149 Å². The van der Waals surface area contributed by atoms with Crippen LogP contribution in [0.25, 0.3) is 0 Å². The fourth-order valence-corrected chi connectivity index (χ4v) is 3.95. The Balaban J connectivity index is 1.60. The third-order valence-corrected chi connectivity index (χ3v) is 5.34. The van der Waals surface area contributed by atoms with E-state index < -0.39 is 0 Å². The lowest BCUT2D eigenvalue weighted by atomic mass is 10.0. The number of methoxy groups -OCH3 is 1. The van der Waals surface area contributed by atoms with Crippen LogP contribution in [-0.2, 0) is 22.6 Å². The van der Waals surface area contributed by atoms with Crippen LogP contribution in [0.4, 0.5) is 0 Å². The number of carbonyl (C=O) groups is 1. The molecular weight excluding hydrogens is 320 g/mol. The van der Waals surface area contributed by atoms with Crippen molar-refractivity contribution in [2.75, 3.05) is 40.4 Å². The number of piperidine rings is 1. The van der Waals surface area contributed by atoms with Crippen molar-refractivity contribution >= 4 is 5.91 Å². The molecule has 8 nitrogen and oxygen atoms in total. The zero-order chi connectivity index (χ0) is 17.6. The average molecular weight is 350 g/mol. The molecule has 0 radical (unpaired) electrons. The molecule has 1 N–H and O–H groups in total. The van der Waals surface area contributed by atoms with Crippen LogP contribution in [0.3, 0.4) is 0 Å². The highest BCUT2D eigenvalue weighted by Gasteiger charge is 2.37. The van der Waals surface area contributed by atoms with E-state index in [2.05, 4.69) is 20.4 Å². The largest absolute Gasteiger partial charge is 0.383 e. The molecule has 3 rings (SSSR count). The molecule has 3 heterocycles. The second kappa shape index (κ2) is 8.73. The first kappa shape index (κ1) is 18.3. The summed E-state index contributed by atoms with van der Waals surface area (Å²) in [6.45, 7) is 4.94. The van der Waals surface area contributed by atoms with E-state index in [9.17, 15) is 4.79 Å². The van der Waals surface area contributed by atoms with Crippen LogP contribution in [0.15, 0.2) is 6.33 Å². The summed E-state index contributed by atoms with van der Waals surface area (Å²) in [4.78, 5) is 17.3. The van der Waals surface area contributed by atoms with E-state index >= 15 is 0 Å². The highest BCUT2D eigenvalue weighted by Crippen LogP contribution is 2.25. The number of aromatic nitrogens is 3. The van der Waals surface area contributed by atoms with Crippen molar-refractivity contribution < 1.29 is 9.53 Å². The smallest absolute Gasteiger partial charge is 0.240 e. The molecule has 0 aliphatic carbocycles. The summed E-state index contributed by atoms with van der Waals surface area (Å²) in [5.41, 5.74) is 0. The average Bonchev–Trinajstić information content (AvgIpc) is 3.29. The topological polar surface area (TPSA) is 75.5 Å². The Bertz CT molecular complexity index is 557. The van der Waals surface area contributed by atoms with Gasteiger partial charge in [0, 0.05) is 26.7 Å². The fourth-order valence-electron chi connectivity index (χ4n) is 3.95.